The molecule has 0 unspecified atom stereocenters. The van der Waals surface area contributed by atoms with E-state index in [1.54, 1.807) is 6.07 Å². The van der Waals surface area contributed by atoms with Crippen LogP contribution in [0, 0.1) is 13.8 Å². The van der Waals surface area contributed by atoms with E-state index in [0.29, 0.717) is 22.3 Å². The summed E-state index contributed by atoms with van der Waals surface area (Å²) in [7, 11) is 0. The third kappa shape index (κ3) is 1.75. The van der Waals surface area contributed by atoms with Crippen molar-refractivity contribution in [3.8, 4) is 11.1 Å². The highest BCUT2D eigenvalue weighted by molar-refractivity contribution is 6.22. The summed E-state index contributed by atoms with van der Waals surface area (Å²) in [6, 6.07) is 6.92. The molecular weight excluding hydrogens is 265 g/mol. The predicted molar refractivity (Wildman–Crippen MR) is 69.8 cm³/mol. The lowest BCUT2D eigenvalue weighted by atomic mass is 9.97. The van der Waals surface area contributed by atoms with Gasteiger partial charge >= 0.3 is 6.18 Å². The molecule has 0 spiro atoms. The first-order chi connectivity index (χ1) is 9.29. The maximum absolute atomic E-state index is 12.8. The molecule has 1 aliphatic carbocycles. The van der Waals surface area contributed by atoms with Crippen molar-refractivity contribution in [2.45, 2.75) is 20.0 Å². The van der Waals surface area contributed by atoms with E-state index in [2.05, 4.69) is 0 Å². The topological polar surface area (TPSA) is 17.1 Å². The number of fused-ring (bicyclic) bond motifs is 3. The Kier molecular flexibility index (Phi) is 2.55. The minimum Gasteiger partial charge on any atom is -0.289 e. The van der Waals surface area contributed by atoms with Crippen molar-refractivity contribution in [3.05, 3.63) is 58.1 Å². The lowest BCUT2D eigenvalue weighted by molar-refractivity contribution is -0.137. The van der Waals surface area contributed by atoms with E-state index in [4.69, 9.17) is 0 Å². The van der Waals surface area contributed by atoms with Crippen molar-refractivity contribution in [3.63, 3.8) is 0 Å². The van der Waals surface area contributed by atoms with Crippen LogP contribution in [0.1, 0.15) is 32.6 Å². The van der Waals surface area contributed by atoms with Gasteiger partial charge in [0.15, 0.2) is 5.78 Å². The quantitative estimate of drug-likeness (QED) is 0.589. The van der Waals surface area contributed by atoms with Gasteiger partial charge in [-0.2, -0.15) is 13.2 Å². The van der Waals surface area contributed by atoms with E-state index in [9.17, 15) is 18.0 Å². The molecule has 2 aromatic rings. The number of aryl methyl sites for hydroxylation is 2. The first kappa shape index (κ1) is 12.9. The summed E-state index contributed by atoms with van der Waals surface area (Å²) in [5.41, 5.74) is 2.89. The number of carbonyl (C=O) groups excluding carboxylic acids is 1. The Hall–Kier alpha value is -2.10. The molecule has 1 aliphatic rings. The first-order valence-corrected chi connectivity index (χ1v) is 6.16. The lowest BCUT2D eigenvalue weighted by Crippen LogP contribution is -2.05. The van der Waals surface area contributed by atoms with Crippen LogP contribution in [0.25, 0.3) is 11.1 Å². The summed E-state index contributed by atoms with van der Waals surface area (Å²) in [6.07, 6.45) is -4.40. The van der Waals surface area contributed by atoms with E-state index in [1.807, 2.05) is 19.9 Å². The minimum atomic E-state index is -4.40. The normalized spacial score (nSPS) is 13.3. The summed E-state index contributed by atoms with van der Waals surface area (Å²) in [4.78, 5) is 12.3. The average Bonchev–Trinajstić information content (AvgIpc) is 2.62. The van der Waals surface area contributed by atoms with Gasteiger partial charge in [0.05, 0.1) is 5.56 Å². The second kappa shape index (κ2) is 3.95. The van der Waals surface area contributed by atoms with Crippen LogP contribution in [-0.4, -0.2) is 5.78 Å². The van der Waals surface area contributed by atoms with Gasteiger partial charge in [-0.25, -0.2) is 0 Å². The zero-order valence-electron chi connectivity index (χ0n) is 10.9. The number of hydrogen-bond acceptors (Lipinski definition) is 1. The number of ketones is 1. The molecule has 0 aromatic heterocycles. The lowest BCUT2D eigenvalue weighted by Gasteiger charge is -2.10. The zero-order chi connectivity index (χ0) is 14.7. The summed E-state index contributed by atoms with van der Waals surface area (Å²) >= 11 is 0. The molecule has 0 aliphatic heterocycles. The second-order valence-electron chi connectivity index (χ2n) is 5.09. The molecule has 2 aromatic carbocycles. The van der Waals surface area contributed by atoms with Crippen LogP contribution < -0.4 is 0 Å². The van der Waals surface area contributed by atoms with Crippen molar-refractivity contribution in [2.24, 2.45) is 0 Å². The maximum atomic E-state index is 12.8. The second-order valence-corrected chi connectivity index (χ2v) is 5.09. The maximum Gasteiger partial charge on any atom is 0.416 e. The minimum absolute atomic E-state index is 0.199. The Labute approximate surface area is 114 Å². The van der Waals surface area contributed by atoms with E-state index >= 15 is 0 Å². The van der Waals surface area contributed by atoms with Crippen LogP contribution in [0.4, 0.5) is 13.2 Å². The predicted octanol–water partition coefficient (Wildman–Crippen LogP) is 4.53. The summed E-state index contributed by atoms with van der Waals surface area (Å²) in [5, 5.41) is 0. The molecule has 0 fully saturated rings. The van der Waals surface area contributed by atoms with Gasteiger partial charge in [0.25, 0.3) is 0 Å². The van der Waals surface area contributed by atoms with Gasteiger partial charge in [0.2, 0.25) is 0 Å². The van der Waals surface area contributed by atoms with E-state index in [-0.39, 0.29) is 5.78 Å². The SMILES string of the molecule is Cc1cc(C)c2c(c1)C(=O)c1ccc(C(F)(F)F)cc1-2. The molecule has 1 nitrogen and oxygen atoms in total. The fourth-order valence-corrected chi connectivity index (χ4v) is 2.77. The molecule has 0 heterocycles. The van der Waals surface area contributed by atoms with Crippen LogP contribution in [0.15, 0.2) is 30.3 Å². The van der Waals surface area contributed by atoms with Crippen LogP contribution in [0.5, 0.6) is 0 Å². The smallest absolute Gasteiger partial charge is 0.289 e. The Balaban J connectivity index is 2.31. The Bertz CT molecular complexity index is 742. The number of alkyl halides is 3. The largest absolute Gasteiger partial charge is 0.416 e. The molecule has 4 heteroatoms. The van der Waals surface area contributed by atoms with Crippen LogP contribution >= 0.6 is 0 Å². The van der Waals surface area contributed by atoms with Gasteiger partial charge < -0.3 is 0 Å². The average molecular weight is 276 g/mol. The van der Waals surface area contributed by atoms with Gasteiger partial charge in [0, 0.05) is 11.1 Å². The van der Waals surface area contributed by atoms with Gasteiger partial charge in [-0.1, -0.05) is 11.6 Å². The summed E-state index contributed by atoms with van der Waals surface area (Å²) in [6.45, 7) is 3.68. The van der Waals surface area contributed by atoms with Gasteiger partial charge in [-0.15, -0.1) is 0 Å². The first-order valence-electron chi connectivity index (χ1n) is 6.16. The van der Waals surface area contributed by atoms with Gasteiger partial charge in [-0.3, -0.25) is 4.79 Å². The number of hydrogen-bond donors (Lipinski definition) is 0. The molecule has 20 heavy (non-hydrogen) atoms. The molecule has 0 saturated carbocycles. The Morgan fingerprint density at radius 1 is 0.900 bits per heavy atom. The number of carbonyl (C=O) groups is 1. The molecule has 0 amide bonds. The number of halogens is 3. The Morgan fingerprint density at radius 2 is 1.60 bits per heavy atom. The zero-order valence-corrected chi connectivity index (χ0v) is 10.9. The molecule has 0 radical (unpaired) electrons. The van der Waals surface area contributed by atoms with E-state index in [0.717, 1.165) is 23.3 Å². The van der Waals surface area contributed by atoms with Crippen molar-refractivity contribution in [1.82, 2.24) is 0 Å². The van der Waals surface area contributed by atoms with Crippen molar-refractivity contribution >= 4 is 5.78 Å². The van der Waals surface area contributed by atoms with Gasteiger partial charge in [0.1, 0.15) is 0 Å². The standard InChI is InChI=1S/C16H11F3O/c1-8-5-9(2)14-12-7-10(16(17,18)19)3-4-11(12)15(20)13(14)6-8/h3-7H,1-2H3. The highest BCUT2D eigenvalue weighted by atomic mass is 19.4. The third-order valence-corrected chi connectivity index (χ3v) is 3.59. The van der Waals surface area contributed by atoms with Crippen molar-refractivity contribution in [1.29, 1.82) is 0 Å². The highest BCUT2D eigenvalue weighted by Gasteiger charge is 2.34. The number of rotatable bonds is 0. The summed E-state index contributed by atoms with van der Waals surface area (Å²) < 4.78 is 38.4. The number of benzene rings is 2. The molecule has 102 valence electrons. The molecule has 0 atom stereocenters. The van der Waals surface area contributed by atoms with Gasteiger partial charge in [-0.05, 0) is 54.8 Å². The summed E-state index contributed by atoms with van der Waals surface area (Å²) in [5.74, 6) is -0.199. The van der Waals surface area contributed by atoms with Crippen LogP contribution in [-0.2, 0) is 6.18 Å². The third-order valence-electron chi connectivity index (χ3n) is 3.59. The highest BCUT2D eigenvalue weighted by Crippen LogP contribution is 2.42. The van der Waals surface area contributed by atoms with Crippen LogP contribution in [0.2, 0.25) is 0 Å². The molecule has 0 N–H and O–H groups in total. The fourth-order valence-electron chi connectivity index (χ4n) is 2.77. The monoisotopic (exact) mass is 276 g/mol. The van der Waals surface area contributed by atoms with Crippen molar-refractivity contribution in [2.75, 3.05) is 0 Å². The fraction of sp³-hybridized carbons (Fsp3) is 0.188. The van der Waals surface area contributed by atoms with E-state index < -0.39 is 11.7 Å². The Morgan fingerprint density at radius 3 is 2.25 bits per heavy atom. The van der Waals surface area contributed by atoms with Crippen molar-refractivity contribution < 1.29 is 18.0 Å². The molecular formula is C16H11F3O. The van der Waals surface area contributed by atoms with E-state index in [1.165, 1.54) is 6.07 Å². The molecule has 3 rings (SSSR count). The molecule has 0 saturated heterocycles. The molecule has 0 bridgehead atoms. The van der Waals surface area contributed by atoms with Crippen LogP contribution in [0.3, 0.4) is 0 Å².